The van der Waals surface area contributed by atoms with Crippen LogP contribution >= 0.6 is 0 Å². The number of hydrogen-bond donors (Lipinski definition) is 0. The van der Waals surface area contributed by atoms with Gasteiger partial charge in [-0.25, -0.2) is 9.36 Å². The lowest BCUT2D eigenvalue weighted by atomic mass is 10.1. The van der Waals surface area contributed by atoms with Gasteiger partial charge < -0.3 is 0 Å². The van der Waals surface area contributed by atoms with Crippen LogP contribution in [0.4, 0.5) is 0 Å². The van der Waals surface area contributed by atoms with E-state index < -0.39 is 0 Å². The zero-order valence-corrected chi connectivity index (χ0v) is 10.8. The van der Waals surface area contributed by atoms with E-state index >= 15 is 0 Å². The predicted molar refractivity (Wildman–Crippen MR) is 74.1 cm³/mol. The Morgan fingerprint density at radius 3 is 2.63 bits per heavy atom. The van der Waals surface area contributed by atoms with E-state index in [1.165, 1.54) is 11.1 Å². The van der Waals surface area contributed by atoms with E-state index in [1.807, 2.05) is 24.4 Å². The van der Waals surface area contributed by atoms with Crippen molar-refractivity contribution < 1.29 is 4.57 Å². The Morgan fingerprint density at radius 2 is 1.84 bits per heavy atom. The van der Waals surface area contributed by atoms with Gasteiger partial charge in [-0.15, -0.1) is 0 Å². The highest BCUT2D eigenvalue weighted by atomic mass is 16.1. The molecule has 0 bridgehead atoms. The molecule has 94 valence electrons. The zero-order chi connectivity index (χ0) is 13.2. The second-order valence-corrected chi connectivity index (χ2v) is 4.70. The quantitative estimate of drug-likeness (QED) is 0.639. The van der Waals surface area contributed by atoms with Crippen LogP contribution in [0.2, 0.25) is 0 Å². The van der Waals surface area contributed by atoms with Gasteiger partial charge in [0.2, 0.25) is 0 Å². The van der Waals surface area contributed by atoms with Crippen LogP contribution in [-0.2, 0) is 6.54 Å². The second kappa shape index (κ2) is 4.69. The lowest BCUT2D eigenvalue weighted by Crippen LogP contribution is -2.39. The molecule has 0 radical (unpaired) electrons. The van der Waals surface area contributed by atoms with Crippen LogP contribution in [0.25, 0.3) is 5.65 Å². The van der Waals surface area contributed by atoms with Crippen LogP contribution in [0.1, 0.15) is 11.1 Å². The second-order valence-electron chi connectivity index (χ2n) is 4.70. The molecule has 3 heteroatoms. The van der Waals surface area contributed by atoms with Crippen molar-refractivity contribution in [3.05, 3.63) is 82.4 Å². The number of hydrogen-bond acceptors (Lipinski definition) is 1. The average molecular weight is 251 g/mol. The van der Waals surface area contributed by atoms with Gasteiger partial charge in [-0.3, -0.25) is 0 Å². The molecular weight excluding hydrogens is 236 g/mol. The lowest BCUT2D eigenvalue weighted by molar-refractivity contribution is -0.666. The van der Waals surface area contributed by atoms with Gasteiger partial charge in [0, 0.05) is 6.07 Å². The van der Waals surface area contributed by atoms with Crippen LogP contribution < -0.4 is 10.1 Å². The van der Waals surface area contributed by atoms with Crippen LogP contribution in [0, 0.1) is 6.92 Å². The first-order valence-electron chi connectivity index (χ1n) is 6.29. The Hall–Kier alpha value is -2.42. The highest BCUT2D eigenvalue weighted by Crippen LogP contribution is 2.03. The molecule has 0 amide bonds. The summed E-state index contributed by atoms with van der Waals surface area (Å²) in [6.45, 7) is 2.84. The van der Waals surface area contributed by atoms with Crippen LogP contribution in [0.3, 0.4) is 0 Å². The Labute approximate surface area is 111 Å². The molecule has 0 N–H and O–H groups in total. The first-order valence-corrected chi connectivity index (χ1v) is 6.29. The molecule has 1 aromatic carbocycles. The van der Waals surface area contributed by atoms with Crippen molar-refractivity contribution >= 4 is 5.65 Å². The van der Waals surface area contributed by atoms with Gasteiger partial charge >= 0.3 is 5.56 Å². The number of rotatable bonds is 2. The van der Waals surface area contributed by atoms with E-state index in [1.54, 1.807) is 16.7 Å². The number of fused-ring (bicyclic) bond motifs is 1. The molecule has 0 aliphatic rings. The first kappa shape index (κ1) is 11.7. The summed E-state index contributed by atoms with van der Waals surface area (Å²) in [6, 6.07) is 15.8. The number of nitrogens with zero attached hydrogens (tertiary/aromatic N) is 2. The van der Waals surface area contributed by atoms with Gasteiger partial charge in [-0.05, 0) is 18.6 Å². The molecule has 0 aliphatic heterocycles. The normalized spacial score (nSPS) is 10.8. The Kier molecular flexibility index (Phi) is 2.88. The van der Waals surface area contributed by atoms with Crippen molar-refractivity contribution in [3.63, 3.8) is 0 Å². The smallest absolute Gasteiger partial charge is 0.241 e. The summed E-state index contributed by atoms with van der Waals surface area (Å²) in [5.41, 5.74) is 3.37. The molecule has 0 fully saturated rings. The monoisotopic (exact) mass is 251 g/mol. The largest absolute Gasteiger partial charge is 0.342 e. The van der Waals surface area contributed by atoms with Crippen LogP contribution in [0.5, 0.6) is 0 Å². The molecule has 0 unspecified atom stereocenters. The van der Waals surface area contributed by atoms with E-state index in [4.69, 9.17) is 0 Å². The van der Waals surface area contributed by atoms with Gasteiger partial charge in [0.15, 0.2) is 0 Å². The third-order valence-corrected chi connectivity index (χ3v) is 3.24. The summed E-state index contributed by atoms with van der Waals surface area (Å²) >= 11 is 0. The number of aromatic nitrogens is 2. The maximum Gasteiger partial charge on any atom is 0.342 e. The van der Waals surface area contributed by atoms with E-state index in [0.29, 0.717) is 0 Å². The van der Waals surface area contributed by atoms with Gasteiger partial charge in [0.05, 0.1) is 18.5 Å². The van der Waals surface area contributed by atoms with Crippen molar-refractivity contribution in [2.24, 2.45) is 0 Å². The molecule has 0 spiro atoms. The summed E-state index contributed by atoms with van der Waals surface area (Å²) < 4.78 is 3.74. The van der Waals surface area contributed by atoms with Crippen molar-refractivity contribution in [1.82, 2.24) is 4.40 Å². The minimum Gasteiger partial charge on any atom is -0.241 e. The molecule has 0 saturated carbocycles. The lowest BCUT2D eigenvalue weighted by Gasteiger charge is -2.04. The summed E-state index contributed by atoms with van der Waals surface area (Å²) in [5.74, 6) is 0. The Balaban J connectivity index is 2.08. The zero-order valence-electron chi connectivity index (χ0n) is 10.8. The maximum absolute atomic E-state index is 11.8. The SMILES string of the molecule is Cc1ccc(C[n+]2ccc(=O)n3ccccc32)cc1. The van der Waals surface area contributed by atoms with Crippen molar-refractivity contribution in [2.45, 2.75) is 13.5 Å². The summed E-state index contributed by atoms with van der Waals surface area (Å²) in [7, 11) is 0. The Morgan fingerprint density at radius 1 is 1.05 bits per heavy atom. The van der Waals surface area contributed by atoms with E-state index in [2.05, 4.69) is 35.8 Å². The molecule has 0 atom stereocenters. The predicted octanol–water partition coefficient (Wildman–Crippen LogP) is 1.94. The maximum atomic E-state index is 11.8. The molecule has 3 aromatic rings. The average Bonchev–Trinajstić information content (AvgIpc) is 2.45. The van der Waals surface area contributed by atoms with Gasteiger partial charge in [-0.2, -0.15) is 4.40 Å². The third kappa shape index (κ3) is 2.27. The van der Waals surface area contributed by atoms with Crippen LogP contribution in [-0.4, -0.2) is 4.40 Å². The number of aryl methyl sites for hydroxylation is 1. The third-order valence-electron chi connectivity index (χ3n) is 3.24. The number of benzene rings is 1. The molecular formula is C16H15N2O+. The molecule has 0 saturated heterocycles. The highest BCUT2D eigenvalue weighted by molar-refractivity contribution is 5.31. The Bertz CT molecular complexity index is 773. The van der Waals surface area contributed by atoms with E-state index in [0.717, 1.165) is 12.2 Å². The summed E-state index contributed by atoms with van der Waals surface area (Å²) in [5, 5.41) is 0. The van der Waals surface area contributed by atoms with Gasteiger partial charge in [-0.1, -0.05) is 35.9 Å². The minimum absolute atomic E-state index is 0.00393. The first-order chi connectivity index (χ1) is 9.24. The molecule has 0 aliphatic carbocycles. The fraction of sp³-hybridized carbons (Fsp3) is 0.125. The van der Waals surface area contributed by atoms with Crippen molar-refractivity contribution in [2.75, 3.05) is 0 Å². The highest BCUT2D eigenvalue weighted by Gasteiger charge is 2.09. The fourth-order valence-corrected chi connectivity index (χ4v) is 2.19. The molecule has 3 nitrogen and oxygen atoms in total. The number of pyridine rings is 1. The van der Waals surface area contributed by atoms with Crippen molar-refractivity contribution in [3.8, 4) is 0 Å². The van der Waals surface area contributed by atoms with Gasteiger partial charge in [0.1, 0.15) is 6.54 Å². The van der Waals surface area contributed by atoms with Crippen molar-refractivity contribution in [1.29, 1.82) is 0 Å². The summed E-state index contributed by atoms with van der Waals surface area (Å²) in [6.07, 6.45) is 3.64. The van der Waals surface area contributed by atoms with E-state index in [9.17, 15) is 4.79 Å². The standard InChI is InChI=1S/C16H15N2O/c1-13-5-7-14(8-6-13)12-17-11-9-16(19)18-10-3-2-4-15(17)18/h2-11H,12H2,1H3/q+1. The van der Waals surface area contributed by atoms with Crippen LogP contribution in [0.15, 0.2) is 65.7 Å². The molecule has 2 aromatic heterocycles. The fourth-order valence-electron chi connectivity index (χ4n) is 2.19. The summed E-state index contributed by atoms with van der Waals surface area (Å²) in [4.78, 5) is 11.8. The molecule has 2 heterocycles. The topological polar surface area (TPSA) is 25.4 Å². The molecule has 19 heavy (non-hydrogen) atoms. The molecule has 3 rings (SSSR count). The minimum atomic E-state index is -0.00393. The van der Waals surface area contributed by atoms with Gasteiger partial charge in [0.25, 0.3) is 5.65 Å². The van der Waals surface area contributed by atoms with E-state index in [-0.39, 0.29) is 5.56 Å².